The highest BCUT2D eigenvalue weighted by Gasteiger charge is 2.39. The standard InChI is InChI=1S/C21H18ClF6N3O3/c1-10(21(26,27)28)34-17-6-16(29-20(33)31-8-11(7-23)9-31)15(25)5-12(17)19(32)30-18-13(22)3-2-4-14(18)24/h2-6,10-11H,7-9H2,1H3,(H,29,33)(H,30,32). The van der Waals surface area contributed by atoms with Crippen LogP contribution in [0.25, 0.3) is 0 Å². The fraction of sp³-hybridized carbons (Fsp3) is 0.333. The van der Waals surface area contributed by atoms with Crippen LogP contribution in [0, 0.1) is 17.6 Å². The summed E-state index contributed by atoms with van der Waals surface area (Å²) in [4.78, 5) is 26.1. The van der Waals surface area contributed by atoms with Crippen LogP contribution in [0.2, 0.25) is 5.02 Å². The number of halogens is 7. The first kappa shape index (κ1) is 25.5. The summed E-state index contributed by atoms with van der Waals surface area (Å²) in [7, 11) is 0. The number of amides is 3. The smallest absolute Gasteiger partial charge is 0.425 e. The van der Waals surface area contributed by atoms with Crippen LogP contribution in [-0.4, -0.2) is 48.9 Å². The zero-order valence-corrected chi connectivity index (χ0v) is 18.2. The van der Waals surface area contributed by atoms with Gasteiger partial charge in [-0.15, -0.1) is 0 Å². The third-order valence-corrected chi connectivity index (χ3v) is 5.30. The fourth-order valence-corrected chi connectivity index (χ4v) is 3.22. The largest absolute Gasteiger partial charge is 0.480 e. The van der Waals surface area contributed by atoms with Gasteiger partial charge in [-0.25, -0.2) is 13.6 Å². The molecule has 0 spiro atoms. The Morgan fingerprint density at radius 3 is 2.44 bits per heavy atom. The molecule has 0 radical (unpaired) electrons. The van der Waals surface area contributed by atoms with E-state index in [-0.39, 0.29) is 24.0 Å². The maximum Gasteiger partial charge on any atom is 0.425 e. The Kier molecular flexibility index (Phi) is 7.49. The molecule has 1 saturated heterocycles. The van der Waals surface area contributed by atoms with Crippen LogP contribution in [0.3, 0.4) is 0 Å². The molecule has 1 atom stereocenters. The molecule has 1 aliphatic rings. The highest BCUT2D eigenvalue weighted by molar-refractivity contribution is 6.34. The highest BCUT2D eigenvalue weighted by Crippen LogP contribution is 2.33. The van der Waals surface area contributed by atoms with Gasteiger partial charge in [-0.1, -0.05) is 17.7 Å². The second-order valence-corrected chi connectivity index (χ2v) is 7.94. The number of hydrogen-bond donors (Lipinski definition) is 2. The van der Waals surface area contributed by atoms with E-state index in [0.717, 1.165) is 6.07 Å². The lowest BCUT2D eigenvalue weighted by Crippen LogP contribution is -2.52. The predicted octanol–water partition coefficient (Wildman–Crippen LogP) is 5.63. The molecular formula is C21H18ClF6N3O3. The van der Waals surface area contributed by atoms with Gasteiger partial charge in [0.15, 0.2) is 6.10 Å². The number of nitrogens with one attached hydrogen (secondary N) is 2. The number of likely N-dealkylation sites (tertiary alicyclic amines) is 1. The number of para-hydroxylation sites is 1. The van der Waals surface area contributed by atoms with Crippen LogP contribution < -0.4 is 15.4 Å². The van der Waals surface area contributed by atoms with Gasteiger partial charge in [-0.05, 0) is 25.1 Å². The van der Waals surface area contributed by atoms with Crippen LogP contribution in [-0.2, 0) is 0 Å². The molecule has 34 heavy (non-hydrogen) atoms. The van der Waals surface area contributed by atoms with Crippen molar-refractivity contribution in [3.8, 4) is 5.75 Å². The van der Waals surface area contributed by atoms with Gasteiger partial charge >= 0.3 is 12.2 Å². The van der Waals surface area contributed by atoms with E-state index >= 15 is 0 Å². The van der Waals surface area contributed by atoms with Crippen molar-refractivity contribution in [1.82, 2.24) is 4.90 Å². The molecule has 0 saturated carbocycles. The SMILES string of the molecule is CC(Oc1cc(NC(=O)N2CC(CF)C2)c(F)cc1C(=O)Nc1c(F)cccc1Cl)C(F)(F)F. The molecule has 0 bridgehead atoms. The van der Waals surface area contributed by atoms with Gasteiger partial charge in [0.2, 0.25) is 0 Å². The van der Waals surface area contributed by atoms with Crippen molar-refractivity contribution in [2.45, 2.75) is 19.2 Å². The highest BCUT2D eigenvalue weighted by atomic mass is 35.5. The van der Waals surface area contributed by atoms with Gasteiger partial charge in [-0.2, -0.15) is 13.2 Å². The van der Waals surface area contributed by atoms with Gasteiger partial charge in [0.05, 0.1) is 28.6 Å². The zero-order valence-electron chi connectivity index (χ0n) is 17.5. The van der Waals surface area contributed by atoms with Gasteiger partial charge < -0.3 is 20.3 Å². The number of anilines is 2. The molecule has 13 heteroatoms. The topological polar surface area (TPSA) is 70.7 Å². The summed E-state index contributed by atoms with van der Waals surface area (Å²) in [5.41, 5.74) is -1.74. The van der Waals surface area contributed by atoms with Gasteiger partial charge in [0.1, 0.15) is 17.4 Å². The first-order chi connectivity index (χ1) is 15.9. The molecule has 2 aromatic rings. The summed E-state index contributed by atoms with van der Waals surface area (Å²) in [5, 5.41) is 4.03. The number of carbonyl (C=O) groups is 2. The minimum Gasteiger partial charge on any atom is -0.480 e. The molecule has 6 nitrogen and oxygen atoms in total. The lowest BCUT2D eigenvalue weighted by atomic mass is 10.0. The van der Waals surface area contributed by atoms with E-state index in [1.54, 1.807) is 0 Å². The number of ether oxygens (including phenoxy) is 1. The van der Waals surface area contributed by atoms with Crippen molar-refractivity contribution in [3.63, 3.8) is 0 Å². The van der Waals surface area contributed by atoms with Gasteiger partial charge in [0, 0.05) is 25.1 Å². The maximum absolute atomic E-state index is 14.7. The summed E-state index contributed by atoms with van der Waals surface area (Å²) in [6, 6.07) is 3.93. The molecule has 3 amide bonds. The minimum atomic E-state index is -4.83. The minimum absolute atomic E-state index is 0.0856. The second kappa shape index (κ2) is 10.00. The van der Waals surface area contributed by atoms with Crippen molar-refractivity contribution < 1.29 is 40.7 Å². The molecular weight excluding hydrogens is 492 g/mol. The van der Waals surface area contributed by atoms with E-state index in [9.17, 15) is 35.9 Å². The Morgan fingerprint density at radius 2 is 1.85 bits per heavy atom. The summed E-state index contributed by atoms with van der Waals surface area (Å²) in [5.74, 6) is -4.39. The summed E-state index contributed by atoms with van der Waals surface area (Å²) < 4.78 is 85.3. The number of benzene rings is 2. The lowest BCUT2D eigenvalue weighted by Gasteiger charge is -2.37. The molecule has 1 aliphatic heterocycles. The first-order valence-electron chi connectivity index (χ1n) is 9.84. The fourth-order valence-electron chi connectivity index (χ4n) is 3.01. The van der Waals surface area contributed by atoms with Crippen LogP contribution >= 0.6 is 11.6 Å². The molecule has 0 aliphatic carbocycles. The average Bonchev–Trinajstić information content (AvgIpc) is 2.71. The van der Waals surface area contributed by atoms with E-state index in [4.69, 9.17) is 16.3 Å². The quantitative estimate of drug-likeness (QED) is 0.496. The maximum atomic E-state index is 14.7. The predicted molar refractivity (Wildman–Crippen MR) is 112 cm³/mol. The first-order valence-corrected chi connectivity index (χ1v) is 10.2. The zero-order chi connectivity index (χ0) is 25.2. The van der Waals surface area contributed by atoms with Gasteiger partial charge in [-0.3, -0.25) is 9.18 Å². The summed E-state index contributed by atoms with van der Waals surface area (Å²) in [6.45, 7) is 0.195. The molecule has 184 valence electrons. The van der Waals surface area contributed by atoms with Crippen molar-refractivity contribution in [2.24, 2.45) is 5.92 Å². The summed E-state index contributed by atoms with van der Waals surface area (Å²) >= 11 is 5.84. The van der Waals surface area contributed by atoms with Crippen molar-refractivity contribution >= 4 is 34.9 Å². The number of alkyl halides is 4. The third kappa shape index (κ3) is 5.66. The molecule has 2 aromatic carbocycles. The van der Waals surface area contributed by atoms with Crippen molar-refractivity contribution in [3.05, 3.63) is 52.6 Å². The van der Waals surface area contributed by atoms with E-state index in [1.165, 1.54) is 17.0 Å². The molecule has 0 aromatic heterocycles. The van der Waals surface area contributed by atoms with Crippen molar-refractivity contribution in [1.29, 1.82) is 0 Å². The number of carbonyl (C=O) groups excluding carboxylic acids is 2. The number of nitrogens with zero attached hydrogens (tertiary/aromatic N) is 1. The number of hydrogen-bond acceptors (Lipinski definition) is 3. The van der Waals surface area contributed by atoms with E-state index in [1.807, 2.05) is 0 Å². The van der Waals surface area contributed by atoms with E-state index < -0.39 is 65.2 Å². The molecule has 2 N–H and O–H groups in total. The van der Waals surface area contributed by atoms with Crippen LogP contribution in [0.4, 0.5) is 42.5 Å². The summed E-state index contributed by atoms with van der Waals surface area (Å²) in [6.07, 6.45) is -7.25. The lowest BCUT2D eigenvalue weighted by molar-refractivity contribution is -0.189. The molecule has 1 unspecified atom stereocenters. The Balaban J connectivity index is 1.92. The van der Waals surface area contributed by atoms with E-state index in [0.29, 0.717) is 19.1 Å². The van der Waals surface area contributed by atoms with E-state index in [2.05, 4.69) is 10.6 Å². The Hall–Kier alpha value is -3.15. The molecule has 3 rings (SSSR count). The number of urea groups is 1. The normalized spacial score (nSPS) is 14.9. The Bertz CT molecular complexity index is 1070. The monoisotopic (exact) mass is 509 g/mol. The van der Waals surface area contributed by atoms with Crippen molar-refractivity contribution in [2.75, 3.05) is 30.4 Å². The Morgan fingerprint density at radius 1 is 1.18 bits per heavy atom. The van der Waals surface area contributed by atoms with Gasteiger partial charge in [0.25, 0.3) is 5.91 Å². The second-order valence-electron chi connectivity index (χ2n) is 7.54. The Labute approximate surface area is 194 Å². The van der Waals surface area contributed by atoms with Crippen LogP contribution in [0.1, 0.15) is 17.3 Å². The van der Waals surface area contributed by atoms with Crippen LogP contribution in [0.15, 0.2) is 30.3 Å². The average molecular weight is 510 g/mol. The third-order valence-electron chi connectivity index (χ3n) is 4.98. The molecule has 1 fully saturated rings. The van der Waals surface area contributed by atoms with Crippen LogP contribution in [0.5, 0.6) is 5.75 Å². The number of rotatable bonds is 6. The molecule has 1 heterocycles.